The van der Waals surface area contributed by atoms with E-state index in [4.69, 9.17) is 5.14 Å². The summed E-state index contributed by atoms with van der Waals surface area (Å²) in [6.45, 7) is 8.13. The number of hydrogen-bond donors (Lipinski definition) is 2. The number of alkyl halides is 3. The van der Waals surface area contributed by atoms with Gasteiger partial charge in [-0.1, -0.05) is 25.3 Å². The fraction of sp³-hybridized carbons (Fsp3) is 0.565. The summed E-state index contributed by atoms with van der Waals surface area (Å²) in [6, 6.07) is 6.35. The van der Waals surface area contributed by atoms with Crippen molar-refractivity contribution < 1.29 is 22.1 Å². The second kappa shape index (κ2) is 10.4. The number of ether oxygens (including phenoxy) is 1. The molecule has 5 nitrogen and oxygen atoms in total. The average Bonchev–Trinajstić information content (AvgIpc) is 3.02. The number of benzene rings is 1. The van der Waals surface area contributed by atoms with Crippen molar-refractivity contribution in [2.24, 2.45) is 11.1 Å². The van der Waals surface area contributed by atoms with Gasteiger partial charge in [-0.3, -0.25) is 5.14 Å². The van der Waals surface area contributed by atoms with Gasteiger partial charge in [0.25, 0.3) is 0 Å². The second-order valence-electron chi connectivity index (χ2n) is 9.54. The molecule has 1 aliphatic rings. The first-order valence-electron chi connectivity index (χ1n) is 11.0. The summed E-state index contributed by atoms with van der Waals surface area (Å²) in [6.07, 6.45) is 1.02. The predicted octanol–water partition coefficient (Wildman–Crippen LogP) is 6.32. The van der Waals surface area contributed by atoms with E-state index in [0.29, 0.717) is 11.5 Å². The minimum atomic E-state index is -4.91. The monoisotopic (exact) mass is 503 g/mol. The molecule has 1 heterocycles. The molecule has 33 heavy (non-hydrogen) atoms. The van der Waals surface area contributed by atoms with Crippen LogP contribution in [0.15, 0.2) is 34.1 Å². The van der Waals surface area contributed by atoms with Crippen molar-refractivity contribution in [2.75, 3.05) is 0 Å². The Balaban J connectivity index is 2.05. The fourth-order valence-corrected chi connectivity index (χ4v) is 5.80. The van der Waals surface area contributed by atoms with Crippen molar-refractivity contribution in [3.8, 4) is 17.0 Å². The summed E-state index contributed by atoms with van der Waals surface area (Å²) in [5.74, 6) is 0.0491. The Labute approximate surface area is 200 Å². The van der Waals surface area contributed by atoms with Gasteiger partial charge in [0.15, 0.2) is 0 Å². The molecule has 184 valence electrons. The molecule has 1 aromatic carbocycles. The Morgan fingerprint density at radius 2 is 1.85 bits per heavy atom. The molecule has 1 fully saturated rings. The number of rotatable bonds is 7. The van der Waals surface area contributed by atoms with Crippen LogP contribution in [-0.2, 0) is 17.5 Å². The molecule has 3 N–H and O–H groups in total. The number of nitrogens with two attached hydrogens (primary N) is 1. The van der Waals surface area contributed by atoms with Gasteiger partial charge in [0, 0.05) is 33.9 Å². The van der Waals surface area contributed by atoms with Crippen LogP contribution in [-0.4, -0.2) is 20.7 Å². The van der Waals surface area contributed by atoms with Gasteiger partial charge in [-0.05, 0) is 76.6 Å². The minimum Gasteiger partial charge on any atom is -0.404 e. The third-order valence-electron chi connectivity index (χ3n) is 5.68. The van der Waals surface area contributed by atoms with Gasteiger partial charge in [-0.2, -0.15) is 0 Å². The van der Waals surface area contributed by atoms with Crippen molar-refractivity contribution in [3.63, 3.8) is 0 Å². The summed E-state index contributed by atoms with van der Waals surface area (Å²) in [7, 11) is -1.88. The Morgan fingerprint density at radius 3 is 2.42 bits per heavy atom. The first-order chi connectivity index (χ1) is 15.4. The lowest BCUT2D eigenvalue weighted by molar-refractivity contribution is -0.275. The van der Waals surface area contributed by atoms with Gasteiger partial charge in [0.05, 0.1) is 4.90 Å². The van der Waals surface area contributed by atoms with Crippen molar-refractivity contribution in [3.05, 3.63) is 30.0 Å². The zero-order chi connectivity index (χ0) is 24.4. The van der Waals surface area contributed by atoms with E-state index >= 15 is 0 Å². The maximum atomic E-state index is 13.2. The van der Waals surface area contributed by atoms with E-state index < -0.39 is 28.6 Å². The number of halogens is 3. The molecule has 1 aromatic heterocycles. The van der Waals surface area contributed by atoms with Crippen LogP contribution in [0.4, 0.5) is 13.2 Å². The average molecular weight is 504 g/mol. The van der Waals surface area contributed by atoms with Gasteiger partial charge in [-0.25, -0.2) is 8.93 Å². The molecule has 0 amide bonds. The predicted molar refractivity (Wildman–Crippen MR) is 127 cm³/mol. The van der Waals surface area contributed by atoms with Crippen LogP contribution in [0.2, 0.25) is 0 Å². The molecule has 1 aliphatic carbocycles. The van der Waals surface area contributed by atoms with E-state index in [1.165, 1.54) is 31.4 Å². The smallest absolute Gasteiger partial charge is 0.404 e. The van der Waals surface area contributed by atoms with Crippen LogP contribution in [0, 0.1) is 12.8 Å². The normalized spacial score (nSPS) is 16.7. The third kappa shape index (κ3) is 7.00. The van der Waals surface area contributed by atoms with Crippen molar-refractivity contribution in [1.29, 1.82) is 0 Å². The Morgan fingerprint density at radius 1 is 1.18 bits per heavy atom. The lowest BCUT2D eigenvalue weighted by Crippen LogP contribution is -2.37. The molecular weight excluding hydrogens is 471 g/mol. The van der Waals surface area contributed by atoms with E-state index in [-0.39, 0.29) is 4.90 Å². The molecule has 1 atom stereocenters. The van der Waals surface area contributed by atoms with E-state index in [1.54, 1.807) is 26.8 Å². The first kappa shape index (κ1) is 26.1. The second-order valence-corrected chi connectivity index (χ2v) is 11.4. The lowest BCUT2D eigenvalue weighted by Gasteiger charge is -2.24. The first-order valence-corrected chi connectivity index (χ1v) is 13.1. The van der Waals surface area contributed by atoms with Gasteiger partial charge >= 0.3 is 6.36 Å². The van der Waals surface area contributed by atoms with Gasteiger partial charge in [0.2, 0.25) is 0 Å². The number of nitrogens with one attached hydrogen (secondary N) is 1. The number of hydrogen-bond acceptors (Lipinski definition) is 4. The maximum absolute atomic E-state index is 13.2. The molecule has 10 heteroatoms. The van der Waals surface area contributed by atoms with Crippen molar-refractivity contribution in [1.82, 2.24) is 9.29 Å². The molecule has 0 radical (unpaired) electrons. The van der Waals surface area contributed by atoms with E-state index in [2.05, 4.69) is 14.0 Å². The Kier molecular flexibility index (Phi) is 8.24. The summed E-state index contributed by atoms with van der Waals surface area (Å²) >= 11 is 1.13. The molecule has 2 aromatic rings. The maximum Gasteiger partial charge on any atom is 0.573 e. The third-order valence-corrected chi connectivity index (χ3v) is 7.88. The summed E-state index contributed by atoms with van der Waals surface area (Å²) in [5, 5.41) is 5.86. The summed E-state index contributed by atoms with van der Waals surface area (Å²) in [5.41, 5.74) is 1.77. The summed E-state index contributed by atoms with van der Waals surface area (Å²) < 4.78 is 61.6. The van der Waals surface area contributed by atoms with Gasteiger partial charge in [0.1, 0.15) is 16.7 Å². The highest BCUT2D eigenvalue weighted by molar-refractivity contribution is 7.97. The van der Waals surface area contributed by atoms with E-state index in [1.807, 2.05) is 13.0 Å². The molecule has 0 aliphatic heterocycles. The highest BCUT2D eigenvalue weighted by Crippen LogP contribution is 2.37. The molecule has 1 unspecified atom stereocenters. The SMILES string of the molecule is Cc1c(SN)cc(-c2ccc(S(=O)NC(C)(C)C)c(OC(F)(F)F)c2)n1CC1CCCCC1. The van der Waals surface area contributed by atoms with Gasteiger partial charge in [-0.15, -0.1) is 13.2 Å². The van der Waals surface area contributed by atoms with Gasteiger partial charge < -0.3 is 9.30 Å². The zero-order valence-corrected chi connectivity index (χ0v) is 21.1. The molecule has 1 saturated carbocycles. The van der Waals surface area contributed by atoms with Crippen molar-refractivity contribution >= 4 is 22.9 Å². The minimum absolute atomic E-state index is 0.0541. The highest BCUT2D eigenvalue weighted by atomic mass is 32.2. The van der Waals surface area contributed by atoms with Crippen LogP contribution in [0.5, 0.6) is 5.75 Å². The largest absolute Gasteiger partial charge is 0.573 e. The van der Waals surface area contributed by atoms with Crippen LogP contribution < -0.4 is 14.6 Å². The van der Waals surface area contributed by atoms with Crippen molar-refractivity contribution in [2.45, 2.75) is 88.0 Å². The van der Waals surface area contributed by atoms with E-state index in [0.717, 1.165) is 47.6 Å². The van der Waals surface area contributed by atoms with Crippen LogP contribution in [0.25, 0.3) is 11.3 Å². The summed E-state index contributed by atoms with van der Waals surface area (Å²) in [4.78, 5) is 0.822. The van der Waals surface area contributed by atoms with E-state index in [9.17, 15) is 17.4 Å². The topological polar surface area (TPSA) is 69.3 Å². The number of nitrogens with zero attached hydrogens (tertiary/aromatic N) is 1. The molecule has 3 rings (SSSR count). The molecule has 0 spiro atoms. The molecule has 0 bridgehead atoms. The zero-order valence-electron chi connectivity index (χ0n) is 19.4. The highest BCUT2D eigenvalue weighted by Gasteiger charge is 2.34. The van der Waals surface area contributed by atoms with Crippen LogP contribution >= 0.6 is 11.9 Å². The van der Waals surface area contributed by atoms with Crippen LogP contribution in [0.1, 0.15) is 58.6 Å². The quantitative estimate of drug-likeness (QED) is 0.434. The molecular formula is C23H32F3N3O2S2. The molecule has 0 saturated heterocycles. The standard InChI is InChI=1S/C23H32F3N3O2S2/c1-15-20(32-27)13-18(29(15)14-16-8-6-5-7-9-16)17-10-11-21(33(30)28-22(2,3)4)19(12-17)31-23(24,25)26/h10-13,16,28H,5-9,14,27H2,1-4H3. The van der Waals surface area contributed by atoms with Crippen LogP contribution in [0.3, 0.4) is 0 Å². The Hall–Kier alpha value is -1.49. The number of aromatic nitrogens is 1. The Bertz CT molecular complexity index is 994. The lowest BCUT2D eigenvalue weighted by atomic mass is 9.89. The fourth-order valence-electron chi connectivity index (χ4n) is 4.20.